The number of benzene rings is 1. The van der Waals surface area contributed by atoms with Crippen LogP contribution in [0.2, 0.25) is 0 Å². The summed E-state index contributed by atoms with van der Waals surface area (Å²) in [4.78, 5) is 21.6. The Morgan fingerprint density at radius 2 is 2.21 bits per heavy atom. The molecule has 2 aliphatic rings. The van der Waals surface area contributed by atoms with E-state index in [1.54, 1.807) is 36.7 Å². The summed E-state index contributed by atoms with van der Waals surface area (Å²) in [5, 5.41) is 9.12. The van der Waals surface area contributed by atoms with Gasteiger partial charge in [-0.3, -0.25) is 14.7 Å². The third kappa shape index (κ3) is 3.34. The van der Waals surface area contributed by atoms with E-state index in [0.717, 1.165) is 12.2 Å². The average Bonchev–Trinajstić information content (AvgIpc) is 2.96. The smallest absolute Gasteiger partial charge is 0.254 e. The first-order chi connectivity index (χ1) is 13.6. The summed E-state index contributed by atoms with van der Waals surface area (Å²) in [5.74, 6) is 1.13. The van der Waals surface area contributed by atoms with Gasteiger partial charge in [0.1, 0.15) is 5.75 Å². The number of amides is 1. The van der Waals surface area contributed by atoms with E-state index in [-0.39, 0.29) is 18.0 Å². The van der Waals surface area contributed by atoms with Gasteiger partial charge in [0.15, 0.2) is 0 Å². The zero-order valence-electron chi connectivity index (χ0n) is 16.2. The number of aromatic nitrogens is 1. The molecule has 0 aliphatic carbocycles. The molecule has 2 saturated heterocycles. The van der Waals surface area contributed by atoms with Crippen molar-refractivity contribution in [3.8, 4) is 11.8 Å². The summed E-state index contributed by atoms with van der Waals surface area (Å²) >= 11 is 0. The standard InChI is InChI=1S/C22H24N4O2/c1-15-21-18(14-28-20-7-4-8-24-12-20)10-19(25(21)2)13-26(15)22(27)17-6-3-5-16(9-17)11-23/h3-9,12,15,18-19,21H,10,13-14H2,1-2H3/t15?,18-,19-,21-/m1/s1. The monoisotopic (exact) mass is 376 g/mol. The first-order valence-electron chi connectivity index (χ1n) is 9.64. The molecule has 3 heterocycles. The van der Waals surface area contributed by atoms with Crippen molar-refractivity contribution in [3.05, 3.63) is 59.9 Å². The Kier molecular flexibility index (Phi) is 5.01. The van der Waals surface area contributed by atoms with Gasteiger partial charge in [-0.2, -0.15) is 5.26 Å². The Hall–Kier alpha value is -2.91. The number of piperazine rings is 1. The molecule has 2 aromatic rings. The number of hydrogen-bond donors (Lipinski definition) is 0. The highest BCUT2D eigenvalue weighted by molar-refractivity contribution is 5.95. The second kappa shape index (κ2) is 7.61. The number of ether oxygens (including phenoxy) is 1. The number of hydrogen-bond acceptors (Lipinski definition) is 5. The van der Waals surface area contributed by atoms with Crippen LogP contribution in [0.25, 0.3) is 0 Å². The number of carbonyl (C=O) groups excluding carboxylic acids is 1. The molecule has 0 saturated carbocycles. The molecular weight excluding hydrogens is 352 g/mol. The van der Waals surface area contributed by atoms with Crippen LogP contribution in [0.4, 0.5) is 0 Å². The van der Waals surface area contributed by atoms with E-state index in [1.807, 2.05) is 17.0 Å². The van der Waals surface area contributed by atoms with Gasteiger partial charge in [-0.1, -0.05) is 6.07 Å². The van der Waals surface area contributed by atoms with Crippen molar-refractivity contribution in [2.24, 2.45) is 5.92 Å². The van der Waals surface area contributed by atoms with Gasteiger partial charge in [0.2, 0.25) is 0 Å². The van der Waals surface area contributed by atoms with E-state index >= 15 is 0 Å². The molecule has 1 aromatic carbocycles. The number of carbonyl (C=O) groups is 1. The van der Waals surface area contributed by atoms with E-state index < -0.39 is 0 Å². The lowest BCUT2D eigenvalue weighted by Gasteiger charge is -2.45. The molecule has 2 bridgehead atoms. The Bertz CT molecular complexity index is 895. The topological polar surface area (TPSA) is 69.5 Å². The van der Waals surface area contributed by atoms with Gasteiger partial charge in [-0.05, 0) is 50.7 Å². The second-order valence-electron chi connectivity index (χ2n) is 7.70. The molecule has 1 aromatic heterocycles. The van der Waals surface area contributed by atoms with Crippen LogP contribution in [-0.4, -0.2) is 59.0 Å². The molecule has 1 unspecified atom stereocenters. The van der Waals surface area contributed by atoms with Crippen LogP contribution in [-0.2, 0) is 0 Å². The van der Waals surface area contributed by atoms with Crippen LogP contribution in [0.1, 0.15) is 29.3 Å². The van der Waals surface area contributed by atoms with Crippen LogP contribution in [0.3, 0.4) is 0 Å². The Morgan fingerprint density at radius 1 is 1.36 bits per heavy atom. The molecule has 144 valence electrons. The fourth-order valence-electron chi connectivity index (χ4n) is 4.70. The lowest BCUT2D eigenvalue weighted by atomic mass is 9.95. The molecule has 2 aliphatic heterocycles. The predicted octanol–water partition coefficient (Wildman–Crippen LogP) is 2.57. The maximum absolute atomic E-state index is 13.1. The second-order valence-corrected chi connectivity index (χ2v) is 7.70. The number of pyridine rings is 1. The zero-order valence-corrected chi connectivity index (χ0v) is 16.2. The van der Waals surface area contributed by atoms with Gasteiger partial charge < -0.3 is 9.64 Å². The van der Waals surface area contributed by atoms with Crippen molar-refractivity contribution < 1.29 is 9.53 Å². The van der Waals surface area contributed by atoms with Gasteiger partial charge in [-0.25, -0.2) is 0 Å². The van der Waals surface area contributed by atoms with Crippen molar-refractivity contribution in [1.29, 1.82) is 5.26 Å². The first-order valence-corrected chi connectivity index (χ1v) is 9.64. The summed E-state index contributed by atoms with van der Waals surface area (Å²) in [5.41, 5.74) is 1.09. The van der Waals surface area contributed by atoms with E-state index in [1.165, 1.54) is 0 Å². The molecular formula is C22H24N4O2. The van der Waals surface area contributed by atoms with Crippen molar-refractivity contribution in [1.82, 2.24) is 14.8 Å². The maximum atomic E-state index is 13.1. The Morgan fingerprint density at radius 3 is 2.96 bits per heavy atom. The molecule has 2 fully saturated rings. The third-order valence-corrected chi connectivity index (χ3v) is 6.10. The summed E-state index contributed by atoms with van der Waals surface area (Å²) in [6.07, 6.45) is 4.47. The normalized spacial score (nSPS) is 26.7. The molecule has 6 nitrogen and oxygen atoms in total. The minimum atomic E-state index is 0.00141. The number of likely N-dealkylation sites (N-methyl/N-ethyl adjacent to an activating group) is 1. The van der Waals surface area contributed by atoms with Crippen molar-refractivity contribution in [2.45, 2.75) is 31.5 Å². The minimum absolute atomic E-state index is 0.00141. The molecule has 4 rings (SSSR count). The number of rotatable bonds is 4. The number of likely N-dealkylation sites (tertiary alicyclic amines) is 1. The first kappa shape index (κ1) is 18.5. The van der Waals surface area contributed by atoms with E-state index in [0.29, 0.717) is 36.2 Å². The van der Waals surface area contributed by atoms with Crippen LogP contribution < -0.4 is 4.74 Å². The molecule has 0 N–H and O–H groups in total. The molecule has 1 amide bonds. The van der Waals surface area contributed by atoms with Gasteiger partial charge in [0, 0.05) is 42.3 Å². The average molecular weight is 376 g/mol. The molecule has 0 spiro atoms. The molecule has 4 atom stereocenters. The summed E-state index contributed by atoms with van der Waals surface area (Å²) < 4.78 is 5.98. The van der Waals surface area contributed by atoms with Gasteiger partial charge >= 0.3 is 0 Å². The summed E-state index contributed by atoms with van der Waals surface area (Å²) in [6.45, 7) is 3.44. The number of fused-ring (bicyclic) bond motifs is 2. The largest absolute Gasteiger partial charge is 0.492 e. The van der Waals surface area contributed by atoms with E-state index in [4.69, 9.17) is 10.00 Å². The summed E-state index contributed by atoms with van der Waals surface area (Å²) in [6, 6.07) is 13.5. The zero-order chi connectivity index (χ0) is 19.7. The fraction of sp³-hybridized carbons (Fsp3) is 0.409. The maximum Gasteiger partial charge on any atom is 0.254 e. The van der Waals surface area contributed by atoms with Gasteiger partial charge in [-0.15, -0.1) is 0 Å². The van der Waals surface area contributed by atoms with Crippen LogP contribution >= 0.6 is 0 Å². The predicted molar refractivity (Wildman–Crippen MR) is 105 cm³/mol. The van der Waals surface area contributed by atoms with Gasteiger partial charge in [0.05, 0.1) is 24.4 Å². The van der Waals surface area contributed by atoms with Crippen molar-refractivity contribution in [3.63, 3.8) is 0 Å². The number of nitrogens with zero attached hydrogens (tertiary/aromatic N) is 4. The van der Waals surface area contributed by atoms with E-state index in [9.17, 15) is 4.79 Å². The lowest BCUT2D eigenvalue weighted by Crippen LogP contribution is -2.60. The molecule has 0 radical (unpaired) electrons. The molecule has 6 heteroatoms. The SMILES string of the molecule is CC1[C@@H]2[C@@H](COc3cccnc3)C[C@H](CN1C(=O)c1cccc(C#N)c1)N2C. The van der Waals surface area contributed by atoms with Crippen molar-refractivity contribution in [2.75, 3.05) is 20.2 Å². The third-order valence-electron chi connectivity index (χ3n) is 6.10. The van der Waals surface area contributed by atoms with E-state index in [2.05, 4.69) is 29.9 Å². The quantitative estimate of drug-likeness (QED) is 0.820. The number of nitriles is 1. The minimum Gasteiger partial charge on any atom is -0.492 e. The highest BCUT2D eigenvalue weighted by atomic mass is 16.5. The lowest BCUT2D eigenvalue weighted by molar-refractivity contribution is 0.0224. The van der Waals surface area contributed by atoms with Crippen LogP contribution in [0.15, 0.2) is 48.8 Å². The summed E-state index contributed by atoms with van der Waals surface area (Å²) in [7, 11) is 2.15. The highest BCUT2D eigenvalue weighted by Crippen LogP contribution is 2.38. The van der Waals surface area contributed by atoms with Gasteiger partial charge in [0.25, 0.3) is 5.91 Å². The Balaban J connectivity index is 1.50. The highest BCUT2D eigenvalue weighted by Gasteiger charge is 2.49. The Labute approximate surface area is 165 Å². The van der Waals surface area contributed by atoms with Crippen LogP contribution in [0.5, 0.6) is 5.75 Å². The van der Waals surface area contributed by atoms with Crippen molar-refractivity contribution >= 4 is 5.91 Å². The fourth-order valence-corrected chi connectivity index (χ4v) is 4.70. The molecule has 28 heavy (non-hydrogen) atoms. The van der Waals surface area contributed by atoms with Crippen LogP contribution in [0, 0.1) is 17.2 Å².